The standard InChI is InChI=1S/C12H16N2O2.C8H6N2O2.C7H6N2O.C7H8N2.C7H6N2.5C2H6/c1-12(2,3)16-11(15)14-7-9-5-4-6-13-10(9)8-14;1-12-8(11)7-6(5-9)3-2-4-10-7;10-7-6-5(4-9-7)2-1-3-8-6;1-2-6-4-8-5-7(6)9-3-1;1-6-7(5-8)3-2-4-9-6;5*1-2/h4-6H,7-8H2,1-3H3;2-4H,1H3;1-3H,4H2,(H,9,10);1-3,8H,4-5H2;2-4H,1H3;5*1-2H3. The molecule has 3 aliphatic rings. The molecule has 0 fully saturated rings. The van der Waals surface area contributed by atoms with Gasteiger partial charge in [-0.1, -0.05) is 87.4 Å². The molecular weight excluding hydrogens is 833 g/mol. The first-order valence-corrected chi connectivity index (χ1v) is 22.5. The number of hydrogen-bond donors (Lipinski definition) is 2. The van der Waals surface area contributed by atoms with Gasteiger partial charge in [-0.25, -0.2) is 14.6 Å². The Balaban J connectivity index is 0. The third-order valence-electron chi connectivity index (χ3n) is 7.91. The summed E-state index contributed by atoms with van der Waals surface area (Å²) in [5.74, 6) is -0.650. The molecule has 356 valence electrons. The van der Waals surface area contributed by atoms with Crippen molar-refractivity contribution in [3.8, 4) is 12.1 Å². The fraction of sp³-hybridized carbons (Fsp3) is 0.412. The molecule has 0 spiro atoms. The minimum Gasteiger partial charge on any atom is -0.464 e. The minimum atomic E-state index is -0.591. The molecule has 0 radical (unpaired) electrons. The van der Waals surface area contributed by atoms with Crippen molar-refractivity contribution in [1.29, 1.82) is 10.5 Å². The first-order valence-electron chi connectivity index (χ1n) is 22.5. The van der Waals surface area contributed by atoms with Gasteiger partial charge in [0.05, 0.1) is 48.4 Å². The van der Waals surface area contributed by atoms with Crippen molar-refractivity contribution in [2.45, 2.75) is 135 Å². The number of nitrogens with zero attached hydrogens (tertiary/aromatic N) is 8. The Morgan fingerprint density at radius 2 is 1.14 bits per heavy atom. The zero-order chi connectivity index (χ0) is 50.5. The molecule has 5 aromatic rings. The molecule has 3 aliphatic heterocycles. The minimum absolute atomic E-state index is 0.0579. The molecule has 0 aliphatic carbocycles. The molecule has 0 aromatic carbocycles. The highest BCUT2D eigenvalue weighted by Gasteiger charge is 2.28. The highest BCUT2D eigenvalue weighted by atomic mass is 16.6. The molecule has 0 atom stereocenters. The summed E-state index contributed by atoms with van der Waals surface area (Å²) >= 11 is 0. The van der Waals surface area contributed by atoms with E-state index in [9.17, 15) is 14.4 Å². The number of amides is 2. The first-order chi connectivity index (χ1) is 31.9. The van der Waals surface area contributed by atoms with Crippen LogP contribution in [-0.2, 0) is 42.2 Å². The molecule has 0 unspecified atom stereocenters. The van der Waals surface area contributed by atoms with Crippen molar-refractivity contribution in [3.05, 3.63) is 148 Å². The van der Waals surface area contributed by atoms with Crippen molar-refractivity contribution in [3.63, 3.8) is 0 Å². The zero-order valence-electron chi connectivity index (χ0n) is 41.8. The molecule has 2 N–H and O–H groups in total. The predicted octanol–water partition coefficient (Wildman–Crippen LogP) is 10.5. The van der Waals surface area contributed by atoms with Gasteiger partial charge in [0.1, 0.15) is 23.4 Å². The number of fused-ring (bicyclic) bond motifs is 3. The number of hydrogen-bond acceptors (Lipinski definition) is 13. The summed E-state index contributed by atoms with van der Waals surface area (Å²) in [5.41, 5.74) is 7.47. The van der Waals surface area contributed by atoms with Gasteiger partial charge in [0.25, 0.3) is 5.91 Å². The molecule has 15 heteroatoms. The number of nitrogens with one attached hydrogen (secondary N) is 2. The quantitative estimate of drug-likeness (QED) is 0.150. The van der Waals surface area contributed by atoms with Crippen LogP contribution in [0.3, 0.4) is 0 Å². The smallest absolute Gasteiger partial charge is 0.410 e. The lowest BCUT2D eigenvalue weighted by Gasteiger charge is -2.23. The third-order valence-corrected chi connectivity index (χ3v) is 7.91. The fourth-order valence-electron chi connectivity index (χ4n) is 5.16. The van der Waals surface area contributed by atoms with Crippen molar-refractivity contribution in [2.24, 2.45) is 0 Å². The number of aryl methyl sites for hydroxylation is 1. The summed E-state index contributed by atoms with van der Waals surface area (Å²) in [5, 5.41) is 22.9. The van der Waals surface area contributed by atoms with Crippen molar-refractivity contribution < 1.29 is 23.9 Å². The van der Waals surface area contributed by atoms with Gasteiger partial charge in [-0.05, 0) is 81.3 Å². The second kappa shape index (κ2) is 36.3. The first kappa shape index (κ1) is 61.0. The van der Waals surface area contributed by atoms with E-state index in [0.717, 1.165) is 35.6 Å². The number of carbonyl (C=O) groups excluding carboxylic acids is 3. The number of ether oxygens (including phenoxy) is 2. The highest BCUT2D eigenvalue weighted by molar-refractivity contribution is 5.96. The molecule has 5 aromatic heterocycles. The molecule has 15 nitrogen and oxygen atoms in total. The normalized spacial score (nSPS) is 11.1. The van der Waals surface area contributed by atoms with E-state index in [1.165, 1.54) is 30.6 Å². The molecular formula is C51H72N10O5. The summed E-state index contributed by atoms with van der Waals surface area (Å²) in [6.07, 6.45) is 8.06. The maximum atomic E-state index is 11.8. The van der Waals surface area contributed by atoms with E-state index < -0.39 is 11.6 Å². The second-order valence-corrected chi connectivity index (χ2v) is 13.1. The van der Waals surface area contributed by atoms with Crippen LogP contribution in [0, 0.1) is 29.6 Å². The number of pyridine rings is 5. The van der Waals surface area contributed by atoms with Gasteiger partial charge in [-0.3, -0.25) is 29.6 Å². The third kappa shape index (κ3) is 22.0. The van der Waals surface area contributed by atoms with Gasteiger partial charge in [0, 0.05) is 56.2 Å². The van der Waals surface area contributed by atoms with Crippen LogP contribution >= 0.6 is 0 Å². The van der Waals surface area contributed by atoms with E-state index in [2.05, 4.69) is 46.4 Å². The largest absolute Gasteiger partial charge is 0.464 e. The molecule has 8 rings (SSSR count). The van der Waals surface area contributed by atoms with Crippen LogP contribution in [0.5, 0.6) is 0 Å². The number of rotatable bonds is 1. The van der Waals surface area contributed by atoms with Crippen molar-refractivity contribution >= 4 is 18.0 Å². The molecule has 0 saturated heterocycles. The Kier molecular flexibility index (Phi) is 33.5. The van der Waals surface area contributed by atoms with Gasteiger partial charge in [0.15, 0.2) is 5.69 Å². The SMILES string of the molecule is CC.CC.CC.CC.CC.CC(C)(C)OC(=O)N1Cc2cccnc2C1.COC(=O)c1ncccc1C#N.Cc1ncccc1C#N.O=C1NCc2cccnc21.c1cnc2c(c1)CNC2. The Bertz CT molecular complexity index is 2170. The lowest BCUT2D eigenvalue weighted by molar-refractivity contribution is 0.0240. The van der Waals surface area contributed by atoms with Crippen molar-refractivity contribution in [2.75, 3.05) is 7.11 Å². The number of aromatic nitrogens is 5. The van der Waals surface area contributed by atoms with Crippen LogP contribution in [0.15, 0.2) is 91.6 Å². The Labute approximate surface area is 394 Å². The van der Waals surface area contributed by atoms with Crippen LogP contribution in [0.1, 0.15) is 156 Å². The average Bonchev–Trinajstić information content (AvgIpc) is 4.14. The van der Waals surface area contributed by atoms with E-state index in [-0.39, 0.29) is 23.3 Å². The Morgan fingerprint density at radius 1 is 0.636 bits per heavy atom. The van der Waals surface area contributed by atoms with E-state index in [1.54, 1.807) is 41.7 Å². The van der Waals surface area contributed by atoms with Gasteiger partial charge in [-0.15, -0.1) is 0 Å². The monoisotopic (exact) mass is 905 g/mol. The highest BCUT2D eigenvalue weighted by Crippen LogP contribution is 2.22. The van der Waals surface area contributed by atoms with Crippen LogP contribution in [0.4, 0.5) is 4.79 Å². The van der Waals surface area contributed by atoms with Crippen molar-refractivity contribution in [1.82, 2.24) is 40.5 Å². The van der Waals surface area contributed by atoms with Gasteiger partial charge >= 0.3 is 12.1 Å². The summed E-state index contributed by atoms with van der Waals surface area (Å²) < 4.78 is 9.74. The molecule has 66 heavy (non-hydrogen) atoms. The lowest BCUT2D eigenvalue weighted by Crippen LogP contribution is -2.33. The lowest BCUT2D eigenvalue weighted by atomic mass is 10.2. The molecule has 0 bridgehead atoms. The zero-order valence-corrected chi connectivity index (χ0v) is 41.8. The van der Waals surface area contributed by atoms with E-state index in [0.29, 0.717) is 30.9 Å². The topological polar surface area (TPSA) is 209 Å². The Hall–Kier alpha value is -7.10. The van der Waals surface area contributed by atoms with Crippen LogP contribution in [0.2, 0.25) is 0 Å². The molecule has 2 amide bonds. The number of esters is 1. The summed E-state index contributed by atoms with van der Waals surface area (Å²) in [7, 11) is 1.25. The van der Waals surface area contributed by atoms with E-state index >= 15 is 0 Å². The fourth-order valence-corrected chi connectivity index (χ4v) is 5.16. The van der Waals surface area contributed by atoms with Crippen LogP contribution in [-0.4, -0.2) is 60.5 Å². The Morgan fingerprint density at radius 3 is 1.64 bits per heavy atom. The average molecular weight is 905 g/mol. The van der Waals surface area contributed by atoms with Gasteiger partial charge < -0.3 is 20.1 Å². The van der Waals surface area contributed by atoms with Crippen LogP contribution < -0.4 is 10.6 Å². The summed E-state index contributed by atoms with van der Waals surface area (Å²) in [6.45, 7) is 31.1. The number of carbonyl (C=O) groups is 3. The van der Waals surface area contributed by atoms with E-state index in [1.807, 2.05) is 146 Å². The van der Waals surface area contributed by atoms with Gasteiger partial charge in [0.2, 0.25) is 0 Å². The number of methoxy groups -OCH3 is 1. The predicted molar refractivity (Wildman–Crippen MR) is 261 cm³/mol. The maximum Gasteiger partial charge on any atom is 0.410 e. The molecule has 0 saturated carbocycles. The van der Waals surface area contributed by atoms with Gasteiger partial charge in [-0.2, -0.15) is 10.5 Å². The summed E-state index contributed by atoms with van der Waals surface area (Å²) in [6, 6.07) is 22.2. The van der Waals surface area contributed by atoms with Crippen LogP contribution in [0.25, 0.3) is 0 Å². The number of nitriles is 2. The summed E-state index contributed by atoms with van der Waals surface area (Å²) in [4.78, 5) is 55.3. The molecule has 8 heterocycles. The maximum absolute atomic E-state index is 11.8. The van der Waals surface area contributed by atoms with E-state index in [4.69, 9.17) is 15.3 Å². The second-order valence-electron chi connectivity index (χ2n) is 13.1.